The molecule has 23 heavy (non-hydrogen) atoms. The fourth-order valence-electron chi connectivity index (χ4n) is 2.03. The SMILES string of the molecule is O=C(OC(CS(=O)(=O)[O-])(C(F)(F)F)C(F)(F)F)C1CCNCC1. The highest BCUT2D eigenvalue weighted by atomic mass is 32.2. The minimum absolute atomic E-state index is 0.0747. The minimum atomic E-state index is -6.33. The molecule has 6 nitrogen and oxygen atoms in total. The third kappa shape index (κ3) is 4.70. The number of carbonyl (C=O) groups excluding carboxylic acids is 1. The monoisotopic (exact) mass is 372 g/mol. The van der Waals surface area contributed by atoms with Crippen molar-refractivity contribution in [2.45, 2.75) is 30.8 Å². The van der Waals surface area contributed by atoms with Crippen LogP contribution in [0.4, 0.5) is 26.3 Å². The minimum Gasteiger partial charge on any atom is -0.748 e. The largest absolute Gasteiger partial charge is 0.748 e. The number of hydrogen-bond acceptors (Lipinski definition) is 6. The molecule has 1 fully saturated rings. The van der Waals surface area contributed by atoms with Gasteiger partial charge in [-0.2, -0.15) is 26.3 Å². The van der Waals surface area contributed by atoms with Crippen molar-refractivity contribution in [1.29, 1.82) is 0 Å². The molecule has 0 aromatic carbocycles. The van der Waals surface area contributed by atoms with E-state index in [0.29, 0.717) is 0 Å². The smallest absolute Gasteiger partial charge is 0.438 e. The number of ether oxygens (including phenoxy) is 1. The topological polar surface area (TPSA) is 95.5 Å². The molecular weight excluding hydrogens is 360 g/mol. The number of carbonyl (C=O) groups is 1. The lowest BCUT2D eigenvalue weighted by molar-refractivity contribution is -0.362. The summed E-state index contributed by atoms with van der Waals surface area (Å²) in [5.41, 5.74) is -5.39. The van der Waals surface area contributed by atoms with E-state index in [9.17, 15) is 44.1 Å². The van der Waals surface area contributed by atoms with Gasteiger partial charge in [0.15, 0.2) is 0 Å². The summed E-state index contributed by atoms with van der Waals surface area (Å²) in [4.78, 5) is 11.6. The summed E-state index contributed by atoms with van der Waals surface area (Å²) in [6.07, 6.45) is -12.8. The molecule has 0 spiro atoms. The van der Waals surface area contributed by atoms with Crippen molar-refractivity contribution < 1.29 is 48.8 Å². The molecule has 0 amide bonds. The predicted octanol–water partition coefficient (Wildman–Crippen LogP) is 0.938. The summed E-state index contributed by atoms with van der Waals surface area (Å²) in [7, 11) is -6.00. The summed E-state index contributed by atoms with van der Waals surface area (Å²) in [5, 5.41) is 2.73. The van der Waals surface area contributed by atoms with Crippen LogP contribution in [0.2, 0.25) is 0 Å². The number of esters is 1. The zero-order valence-electron chi connectivity index (χ0n) is 11.3. The molecule has 1 N–H and O–H groups in total. The molecule has 13 heteroatoms. The van der Waals surface area contributed by atoms with Crippen molar-refractivity contribution in [1.82, 2.24) is 5.32 Å². The van der Waals surface area contributed by atoms with Crippen LogP contribution in [-0.4, -0.2) is 55.7 Å². The average Bonchev–Trinajstić information content (AvgIpc) is 2.34. The standard InChI is InChI=1S/C10H13F6NO5S/c11-9(12,13)8(10(14,15)16,5-23(19,20)21)22-7(18)6-1-3-17-4-2-6/h6,17H,1-5H2,(H,19,20,21)/p-1. The molecule has 0 saturated carbocycles. The summed E-state index contributed by atoms with van der Waals surface area (Å²) in [5.74, 6) is -6.07. The molecule has 0 bridgehead atoms. The number of nitrogens with one attached hydrogen (secondary N) is 1. The molecule has 1 aliphatic heterocycles. The Morgan fingerprint density at radius 1 is 1.09 bits per heavy atom. The molecule has 0 unspecified atom stereocenters. The Bertz CT molecular complexity index is 523. The quantitative estimate of drug-likeness (QED) is 0.448. The maximum Gasteiger partial charge on any atom is 0.438 e. The fourth-order valence-corrected chi connectivity index (χ4v) is 2.92. The second-order valence-corrected chi connectivity index (χ2v) is 6.37. The Morgan fingerprint density at radius 2 is 1.52 bits per heavy atom. The second-order valence-electron chi connectivity index (χ2n) is 4.97. The zero-order valence-corrected chi connectivity index (χ0v) is 12.1. The van der Waals surface area contributed by atoms with Gasteiger partial charge in [0.05, 0.1) is 21.8 Å². The van der Waals surface area contributed by atoms with E-state index in [4.69, 9.17) is 0 Å². The Hall–Kier alpha value is -1.08. The first-order valence-corrected chi connectivity index (χ1v) is 7.78. The lowest BCUT2D eigenvalue weighted by atomic mass is 9.97. The van der Waals surface area contributed by atoms with Gasteiger partial charge in [0, 0.05) is 0 Å². The van der Waals surface area contributed by atoms with Crippen molar-refractivity contribution in [3.63, 3.8) is 0 Å². The van der Waals surface area contributed by atoms with E-state index in [1.54, 1.807) is 0 Å². The molecule has 136 valence electrons. The normalized spacial score (nSPS) is 18.7. The van der Waals surface area contributed by atoms with E-state index < -0.39 is 45.7 Å². The zero-order chi connectivity index (χ0) is 18.1. The Kier molecular flexibility index (Phi) is 5.58. The molecule has 0 radical (unpaired) electrons. The maximum absolute atomic E-state index is 12.9. The Balaban J connectivity index is 3.24. The summed E-state index contributed by atoms with van der Waals surface area (Å²) in [6, 6.07) is 0. The Labute approximate surface area is 126 Å². The number of alkyl halides is 6. The first kappa shape index (κ1) is 20.0. The van der Waals surface area contributed by atoms with E-state index in [1.807, 2.05) is 0 Å². The average molecular weight is 372 g/mol. The van der Waals surface area contributed by atoms with Gasteiger partial charge in [-0.15, -0.1) is 0 Å². The molecule has 0 atom stereocenters. The van der Waals surface area contributed by atoms with Gasteiger partial charge < -0.3 is 14.6 Å². The highest BCUT2D eigenvalue weighted by Crippen LogP contribution is 2.47. The number of hydrogen-bond donors (Lipinski definition) is 1. The van der Waals surface area contributed by atoms with E-state index in [1.165, 1.54) is 0 Å². The second kappa shape index (κ2) is 6.43. The molecule has 1 saturated heterocycles. The van der Waals surface area contributed by atoms with Crippen LogP contribution in [0.5, 0.6) is 0 Å². The summed E-state index contributed by atoms with van der Waals surface area (Å²) >= 11 is 0. The molecule has 0 aromatic rings. The van der Waals surface area contributed by atoms with Crippen LogP contribution in [0.25, 0.3) is 0 Å². The van der Waals surface area contributed by atoms with Crippen LogP contribution in [0, 0.1) is 5.92 Å². The van der Waals surface area contributed by atoms with Crippen LogP contribution in [0.15, 0.2) is 0 Å². The van der Waals surface area contributed by atoms with Crippen LogP contribution in [-0.2, 0) is 19.6 Å². The lowest BCUT2D eigenvalue weighted by Gasteiger charge is -2.38. The van der Waals surface area contributed by atoms with Crippen molar-refractivity contribution in [2.24, 2.45) is 5.92 Å². The van der Waals surface area contributed by atoms with Crippen molar-refractivity contribution in [2.75, 3.05) is 18.8 Å². The maximum atomic E-state index is 12.9. The van der Waals surface area contributed by atoms with Crippen LogP contribution in [0.3, 0.4) is 0 Å². The van der Waals surface area contributed by atoms with Crippen molar-refractivity contribution >= 4 is 16.1 Å². The van der Waals surface area contributed by atoms with Crippen LogP contribution >= 0.6 is 0 Å². The first-order valence-electron chi connectivity index (χ1n) is 6.20. The van der Waals surface area contributed by atoms with E-state index in [2.05, 4.69) is 10.1 Å². The first-order chi connectivity index (χ1) is 10.2. The van der Waals surface area contributed by atoms with Crippen LogP contribution < -0.4 is 5.32 Å². The van der Waals surface area contributed by atoms with Crippen molar-refractivity contribution in [3.05, 3.63) is 0 Å². The lowest BCUT2D eigenvalue weighted by Crippen LogP contribution is -2.64. The summed E-state index contributed by atoms with van der Waals surface area (Å²) in [6.45, 7) is 0.343. The van der Waals surface area contributed by atoms with Gasteiger partial charge in [-0.05, 0) is 25.9 Å². The third-order valence-electron chi connectivity index (χ3n) is 3.24. The van der Waals surface area contributed by atoms with Gasteiger partial charge >= 0.3 is 23.9 Å². The highest BCUT2D eigenvalue weighted by molar-refractivity contribution is 7.85. The predicted molar refractivity (Wildman–Crippen MR) is 61.1 cm³/mol. The van der Waals surface area contributed by atoms with Crippen molar-refractivity contribution in [3.8, 4) is 0 Å². The van der Waals surface area contributed by atoms with Crippen LogP contribution in [0.1, 0.15) is 12.8 Å². The molecule has 1 aliphatic rings. The van der Waals surface area contributed by atoms with Gasteiger partial charge in [-0.25, -0.2) is 8.42 Å². The summed E-state index contributed by atoms with van der Waals surface area (Å²) < 4.78 is 113. The molecule has 0 aliphatic carbocycles. The van der Waals surface area contributed by atoms with Gasteiger partial charge in [-0.3, -0.25) is 4.79 Å². The molecular formula is C10H12F6NO5S-. The van der Waals surface area contributed by atoms with E-state index in [0.717, 1.165) is 0 Å². The third-order valence-corrected chi connectivity index (χ3v) is 4.00. The van der Waals surface area contributed by atoms with E-state index >= 15 is 0 Å². The highest BCUT2D eigenvalue weighted by Gasteiger charge is 2.75. The number of halogens is 6. The number of rotatable bonds is 4. The van der Waals surface area contributed by atoms with Gasteiger partial charge in [0.25, 0.3) is 0 Å². The Morgan fingerprint density at radius 3 is 1.87 bits per heavy atom. The van der Waals surface area contributed by atoms with E-state index in [-0.39, 0.29) is 25.9 Å². The molecule has 1 heterocycles. The molecule has 1 rings (SSSR count). The van der Waals surface area contributed by atoms with Gasteiger partial charge in [-0.1, -0.05) is 0 Å². The van der Waals surface area contributed by atoms with Gasteiger partial charge in [0.1, 0.15) is 0 Å². The number of piperidine rings is 1. The molecule has 0 aromatic heterocycles. The van der Waals surface area contributed by atoms with Gasteiger partial charge in [0.2, 0.25) is 0 Å². The fraction of sp³-hybridized carbons (Fsp3) is 0.900.